The van der Waals surface area contributed by atoms with Gasteiger partial charge in [-0.05, 0) is 31.2 Å². The molecular formula is C15H16ClN7O. The van der Waals surface area contributed by atoms with Crippen LogP contribution in [-0.4, -0.2) is 36.6 Å². The van der Waals surface area contributed by atoms with Gasteiger partial charge >= 0.3 is 6.03 Å². The van der Waals surface area contributed by atoms with E-state index in [1.807, 2.05) is 13.0 Å². The summed E-state index contributed by atoms with van der Waals surface area (Å²) in [5, 5.41) is 14.2. The Morgan fingerprint density at radius 3 is 2.92 bits per heavy atom. The molecule has 9 heteroatoms. The average Bonchev–Trinajstić information content (AvgIpc) is 3.20. The zero-order valence-electron chi connectivity index (χ0n) is 12.9. The number of benzene rings is 1. The molecule has 2 N–H and O–H groups in total. The summed E-state index contributed by atoms with van der Waals surface area (Å²) in [4.78, 5) is 15.9. The van der Waals surface area contributed by atoms with Crippen LogP contribution in [0, 0.1) is 0 Å². The fraction of sp³-hybridized carbons (Fsp3) is 0.200. The van der Waals surface area contributed by atoms with Crippen LogP contribution in [0.5, 0.6) is 0 Å². The van der Waals surface area contributed by atoms with E-state index in [-0.39, 0.29) is 12.1 Å². The quantitative estimate of drug-likeness (QED) is 0.742. The summed E-state index contributed by atoms with van der Waals surface area (Å²) in [5.41, 5.74) is 1.34. The number of anilines is 1. The van der Waals surface area contributed by atoms with Gasteiger partial charge in [0, 0.05) is 24.1 Å². The third-order valence-corrected chi connectivity index (χ3v) is 3.56. The fourth-order valence-electron chi connectivity index (χ4n) is 2.23. The Morgan fingerprint density at radius 1 is 1.38 bits per heavy atom. The van der Waals surface area contributed by atoms with Gasteiger partial charge in [0.15, 0.2) is 0 Å². The Morgan fingerprint density at radius 2 is 2.25 bits per heavy atom. The minimum atomic E-state index is -0.314. The Bertz CT molecular complexity index is 801. The van der Waals surface area contributed by atoms with Gasteiger partial charge in [0.05, 0.1) is 17.3 Å². The highest BCUT2D eigenvalue weighted by molar-refractivity contribution is 6.32. The van der Waals surface area contributed by atoms with Gasteiger partial charge in [-0.3, -0.25) is 4.68 Å². The van der Waals surface area contributed by atoms with Crippen LogP contribution >= 0.6 is 11.6 Å². The topological polar surface area (TPSA) is 89.7 Å². The number of hydrogen-bond donors (Lipinski definition) is 2. The lowest BCUT2D eigenvalue weighted by Gasteiger charge is -2.15. The summed E-state index contributed by atoms with van der Waals surface area (Å²) in [6.07, 6.45) is 6.53. The van der Waals surface area contributed by atoms with Crippen molar-refractivity contribution in [2.24, 2.45) is 0 Å². The Balaban J connectivity index is 1.59. The molecule has 0 aliphatic rings. The van der Waals surface area contributed by atoms with Gasteiger partial charge in [-0.25, -0.2) is 14.5 Å². The Kier molecular flexibility index (Phi) is 4.76. The smallest absolute Gasteiger partial charge is 0.319 e. The van der Waals surface area contributed by atoms with Gasteiger partial charge in [0.2, 0.25) is 0 Å². The van der Waals surface area contributed by atoms with Crippen molar-refractivity contribution in [3.63, 3.8) is 0 Å². The molecule has 2 amide bonds. The minimum absolute atomic E-state index is 0.106. The highest BCUT2D eigenvalue weighted by Gasteiger charge is 2.10. The zero-order chi connectivity index (χ0) is 16.9. The summed E-state index contributed by atoms with van der Waals surface area (Å²) >= 11 is 6.25. The van der Waals surface area contributed by atoms with Crippen LogP contribution in [0.4, 0.5) is 10.5 Å². The zero-order valence-corrected chi connectivity index (χ0v) is 13.7. The van der Waals surface area contributed by atoms with Crippen molar-refractivity contribution in [1.82, 2.24) is 29.9 Å². The molecule has 2 aromatic heterocycles. The van der Waals surface area contributed by atoms with Crippen molar-refractivity contribution in [2.75, 3.05) is 5.32 Å². The molecular weight excluding hydrogens is 330 g/mol. The monoisotopic (exact) mass is 345 g/mol. The third-order valence-electron chi connectivity index (χ3n) is 3.26. The predicted octanol–water partition coefficient (Wildman–Crippen LogP) is 2.33. The average molecular weight is 346 g/mol. The molecule has 0 fully saturated rings. The van der Waals surface area contributed by atoms with Crippen LogP contribution < -0.4 is 10.6 Å². The molecule has 1 atom stereocenters. The number of nitrogens with zero attached hydrogens (tertiary/aromatic N) is 5. The number of carbonyl (C=O) groups excluding carboxylic acids is 1. The Hall–Kier alpha value is -2.87. The lowest BCUT2D eigenvalue weighted by atomic mass is 10.3. The number of halogens is 1. The fourth-order valence-corrected chi connectivity index (χ4v) is 2.49. The van der Waals surface area contributed by atoms with Crippen molar-refractivity contribution in [3.8, 4) is 5.69 Å². The molecule has 0 saturated heterocycles. The first kappa shape index (κ1) is 16.0. The maximum absolute atomic E-state index is 12.0. The highest BCUT2D eigenvalue weighted by atomic mass is 35.5. The molecule has 3 aromatic rings. The van der Waals surface area contributed by atoms with Crippen molar-refractivity contribution in [3.05, 3.63) is 54.3 Å². The summed E-state index contributed by atoms with van der Waals surface area (Å²) in [7, 11) is 0. The van der Waals surface area contributed by atoms with Crippen LogP contribution in [0.3, 0.4) is 0 Å². The van der Waals surface area contributed by atoms with Crippen molar-refractivity contribution >= 4 is 23.3 Å². The van der Waals surface area contributed by atoms with E-state index >= 15 is 0 Å². The number of amides is 2. The lowest BCUT2D eigenvalue weighted by molar-refractivity contribution is 0.247. The Labute approximate surface area is 143 Å². The molecule has 1 aromatic carbocycles. The van der Waals surface area contributed by atoms with E-state index in [0.717, 1.165) is 5.69 Å². The molecule has 0 bridgehead atoms. The van der Waals surface area contributed by atoms with Crippen LogP contribution in [0.15, 0.2) is 49.3 Å². The normalized spacial score (nSPS) is 11.9. The van der Waals surface area contributed by atoms with Crippen molar-refractivity contribution in [1.29, 1.82) is 0 Å². The number of urea groups is 1. The van der Waals surface area contributed by atoms with E-state index in [2.05, 4.69) is 25.8 Å². The maximum Gasteiger partial charge on any atom is 0.319 e. The van der Waals surface area contributed by atoms with Gasteiger partial charge in [0.1, 0.15) is 12.7 Å². The SMILES string of the molecule is CC(Cn1cncn1)NC(=O)Nc1ccc(-n2cccn2)c(Cl)c1. The second kappa shape index (κ2) is 7.14. The summed E-state index contributed by atoms with van der Waals surface area (Å²) in [5.74, 6) is 0. The first-order valence-electron chi connectivity index (χ1n) is 7.31. The number of carbonyl (C=O) groups is 1. The van der Waals surface area contributed by atoms with Gasteiger partial charge in [-0.15, -0.1) is 0 Å². The second-order valence-corrected chi connectivity index (χ2v) is 5.64. The molecule has 0 saturated carbocycles. The van der Waals surface area contributed by atoms with E-state index < -0.39 is 0 Å². The number of rotatable bonds is 5. The molecule has 124 valence electrons. The molecule has 24 heavy (non-hydrogen) atoms. The van der Waals surface area contributed by atoms with Gasteiger partial charge < -0.3 is 10.6 Å². The summed E-state index contributed by atoms with van der Waals surface area (Å²) < 4.78 is 3.31. The first-order chi connectivity index (χ1) is 11.6. The van der Waals surface area contributed by atoms with Crippen molar-refractivity contribution in [2.45, 2.75) is 19.5 Å². The van der Waals surface area contributed by atoms with Gasteiger partial charge in [-0.1, -0.05) is 11.6 Å². The predicted molar refractivity (Wildman–Crippen MR) is 90.2 cm³/mol. The van der Waals surface area contributed by atoms with Gasteiger partial charge in [-0.2, -0.15) is 10.2 Å². The molecule has 2 heterocycles. The van der Waals surface area contributed by atoms with Crippen LogP contribution in [-0.2, 0) is 6.54 Å². The first-order valence-corrected chi connectivity index (χ1v) is 7.69. The van der Waals surface area contributed by atoms with Gasteiger partial charge in [0.25, 0.3) is 0 Å². The molecule has 0 aliphatic carbocycles. The highest BCUT2D eigenvalue weighted by Crippen LogP contribution is 2.23. The van der Waals surface area contributed by atoms with E-state index in [9.17, 15) is 4.79 Å². The van der Waals surface area contributed by atoms with Crippen molar-refractivity contribution < 1.29 is 4.79 Å². The molecule has 0 spiro atoms. The summed E-state index contributed by atoms with van der Waals surface area (Å²) in [6, 6.07) is 6.64. The number of aromatic nitrogens is 5. The maximum atomic E-state index is 12.0. The molecule has 0 aliphatic heterocycles. The van der Waals surface area contributed by atoms with Crippen LogP contribution in [0.25, 0.3) is 5.69 Å². The molecule has 8 nitrogen and oxygen atoms in total. The van der Waals surface area contributed by atoms with E-state index in [1.54, 1.807) is 46.3 Å². The summed E-state index contributed by atoms with van der Waals surface area (Å²) in [6.45, 7) is 2.42. The van der Waals surface area contributed by atoms with E-state index in [4.69, 9.17) is 11.6 Å². The third kappa shape index (κ3) is 3.90. The van der Waals surface area contributed by atoms with Crippen LogP contribution in [0.1, 0.15) is 6.92 Å². The molecule has 3 rings (SSSR count). The molecule has 1 unspecified atom stereocenters. The number of nitrogens with one attached hydrogen (secondary N) is 2. The minimum Gasteiger partial charge on any atom is -0.334 e. The van der Waals surface area contributed by atoms with Crippen LogP contribution in [0.2, 0.25) is 5.02 Å². The largest absolute Gasteiger partial charge is 0.334 e. The van der Waals surface area contributed by atoms with E-state index in [0.29, 0.717) is 17.3 Å². The molecule has 0 radical (unpaired) electrons. The second-order valence-electron chi connectivity index (χ2n) is 5.23. The lowest BCUT2D eigenvalue weighted by Crippen LogP contribution is -2.38. The number of hydrogen-bond acceptors (Lipinski definition) is 4. The standard InChI is InChI=1S/C15H16ClN7O/c1-11(8-22-10-17-9-19-22)20-15(24)21-12-3-4-14(13(16)7-12)23-6-2-5-18-23/h2-7,9-11H,8H2,1H3,(H2,20,21,24). The van der Waals surface area contributed by atoms with E-state index in [1.165, 1.54) is 6.33 Å².